The number of benzene rings is 3. The van der Waals surface area contributed by atoms with Gasteiger partial charge in [0.15, 0.2) is 0 Å². The molecule has 0 spiro atoms. The van der Waals surface area contributed by atoms with E-state index in [-0.39, 0.29) is 12.2 Å². The van der Waals surface area contributed by atoms with Crippen LogP contribution in [0.4, 0.5) is 5.69 Å². The van der Waals surface area contributed by atoms with Gasteiger partial charge < -0.3 is 4.74 Å². The van der Waals surface area contributed by atoms with Crippen molar-refractivity contribution < 1.29 is 17.9 Å². The Balaban J connectivity index is 1.63. The second-order valence-electron chi connectivity index (χ2n) is 6.09. The maximum atomic E-state index is 12.2. The van der Waals surface area contributed by atoms with E-state index in [1.165, 1.54) is 6.07 Å². The smallest absolute Gasteiger partial charge is 0.338 e. The van der Waals surface area contributed by atoms with Gasteiger partial charge in [-0.2, -0.15) is 0 Å². The van der Waals surface area contributed by atoms with Crippen molar-refractivity contribution in [2.24, 2.45) is 0 Å². The minimum atomic E-state index is -3.40. The van der Waals surface area contributed by atoms with Gasteiger partial charge in [-0.15, -0.1) is 0 Å². The van der Waals surface area contributed by atoms with Crippen molar-refractivity contribution in [2.75, 3.05) is 11.0 Å². The lowest BCUT2D eigenvalue weighted by atomic mass is 10.0. The average molecular weight is 381 g/mol. The highest BCUT2D eigenvalue weighted by molar-refractivity contribution is 7.92. The number of hydrogen-bond acceptors (Lipinski definition) is 4. The zero-order valence-corrected chi connectivity index (χ0v) is 15.6. The van der Waals surface area contributed by atoms with E-state index in [0.29, 0.717) is 5.69 Å². The number of sulfonamides is 1. The molecule has 0 aliphatic carbocycles. The van der Waals surface area contributed by atoms with Crippen LogP contribution < -0.4 is 4.72 Å². The molecule has 5 nitrogen and oxygen atoms in total. The largest absolute Gasteiger partial charge is 0.457 e. The van der Waals surface area contributed by atoms with Gasteiger partial charge in [-0.1, -0.05) is 60.7 Å². The summed E-state index contributed by atoms with van der Waals surface area (Å²) in [5.74, 6) is -0.515. The van der Waals surface area contributed by atoms with Crippen LogP contribution in [0, 0.1) is 0 Å². The minimum Gasteiger partial charge on any atom is -0.457 e. The molecule has 0 atom stereocenters. The lowest BCUT2D eigenvalue weighted by Crippen LogP contribution is -2.11. The predicted molar refractivity (Wildman–Crippen MR) is 106 cm³/mol. The van der Waals surface area contributed by atoms with E-state index in [0.717, 1.165) is 22.9 Å². The third kappa shape index (κ3) is 5.43. The average Bonchev–Trinajstić information content (AvgIpc) is 2.66. The van der Waals surface area contributed by atoms with E-state index in [9.17, 15) is 13.2 Å². The van der Waals surface area contributed by atoms with E-state index in [2.05, 4.69) is 4.72 Å². The third-order valence-electron chi connectivity index (χ3n) is 3.83. The van der Waals surface area contributed by atoms with Crippen LogP contribution in [0.2, 0.25) is 0 Å². The molecule has 0 unspecified atom stereocenters. The molecule has 3 rings (SSSR count). The van der Waals surface area contributed by atoms with Crippen molar-refractivity contribution in [3.05, 3.63) is 90.0 Å². The quantitative estimate of drug-likeness (QED) is 0.653. The van der Waals surface area contributed by atoms with Gasteiger partial charge in [0, 0.05) is 5.69 Å². The molecule has 0 amide bonds. The lowest BCUT2D eigenvalue weighted by molar-refractivity contribution is 0.0473. The van der Waals surface area contributed by atoms with Gasteiger partial charge in [0.2, 0.25) is 10.0 Å². The van der Waals surface area contributed by atoms with Crippen LogP contribution >= 0.6 is 0 Å². The molecule has 0 aromatic heterocycles. The summed E-state index contributed by atoms with van der Waals surface area (Å²) < 4.78 is 30.3. The molecule has 0 saturated heterocycles. The molecule has 3 aromatic carbocycles. The molecule has 0 heterocycles. The first kappa shape index (κ1) is 18.7. The van der Waals surface area contributed by atoms with Crippen LogP contribution in [-0.4, -0.2) is 20.6 Å². The Hall–Kier alpha value is -3.12. The van der Waals surface area contributed by atoms with Gasteiger partial charge in [0.05, 0.1) is 11.8 Å². The van der Waals surface area contributed by atoms with Gasteiger partial charge >= 0.3 is 5.97 Å². The molecule has 0 aliphatic rings. The molecule has 0 bridgehead atoms. The first-order chi connectivity index (χ1) is 12.9. The van der Waals surface area contributed by atoms with E-state index >= 15 is 0 Å². The minimum absolute atomic E-state index is 0.137. The first-order valence-electron chi connectivity index (χ1n) is 8.30. The second-order valence-corrected chi connectivity index (χ2v) is 7.84. The Bertz CT molecular complexity index is 1030. The Morgan fingerprint density at radius 1 is 0.889 bits per heavy atom. The molecule has 0 fully saturated rings. The van der Waals surface area contributed by atoms with Gasteiger partial charge in [-0.05, 0) is 34.9 Å². The molecule has 3 aromatic rings. The number of esters is 1. The Kier molecular flexibility index (Phi) is 5.57. The van der Waals surface area contributed by atoms with Crippen molar-refractivity contribution in [1.29, 1.82) is 0 Å². The van der Waals surface area contributed by atoms with Gasteiger partial charge in [-0.25, -0.2) is 13.2 Å². The monoisotopic (exact) mass is 381 g/mol. The molecule has 6 heteroatoms. The SMILES string of the molecule is CS(=O)(=O)Nc1cccc(C(=O)OCc2ccc(-c3ccccc3)cc2)c1. The molecule has 27 heavy (non-hydrogen) atoms. The van der Waals surface area contributed by atoms with Crippen LogP contribution in [0.25, 0.3) is 11.1 Å². The fourth-order valence-corrected chi connectivity index (χ4v) is 3.14. The van der Waals surface area contributed by atoms with Crippen LogP contribution in [0.15, 0.2) is 78.9 Å². The maximum Gasteiger partial charge on any atom is 0.338 e. The fourth-order valence-electron chi connectivity index (χ4n) is 2.58. The lowest BCUT2D eigenvalue weighted by Gasteiger charge is -2.08. The highest BCUT2D eigenvalue weighted by Crippen LogP contribution is 2.20. The normalized spacial score (nSPS) is 11.0. The first-order valence-corrected chi connectivity index (χ1v) is 10.2. The van der Waals surface area contributed by atoms with E-state index in [4.69, 9.17) is 4.74 Å². The molecule has 138 valence electrons. The second kappa shape index (κ2) is 8.05. The summed E-state index contributed by atoms with van der Waals surface area (Å²) >= 11 is 0. The Labute approximate surface area is 158 Å². The highest BCUT2D eigenvalue weighted by Gasteiger charge is 2.10. The number of rotatable bonds is 6. The predicted octanol–water partition coefficient (Wildman–Crippen LogP) is 4.08. The summed E-state index contributed by atoms with van der Waals surface area (Å²) in [6.45, 7) is 0.137. The van der Waals surface area contributed by atoms with Crippen LogP contribution in [0.5, 0.6) is 0 Å². The molecular weight excluding hydrogens is 362 g/mol. The zero-order valence-electron chi connectivity index (χ0n) is 14.8. The van der Waals surface area contributed by atoms with Gasteiger partial charge in [-0.3, -0.25) is 4.72 Å². The molecule has 0 aliphatic heterocycles. The number of hydrogen-bond donors (Lipinski definition) is 1. The number of anilines is 1. The van der Waals surface area contributed by atoms with Crippen molar-refractivity contribution >= 4 is 21.7 Å². The van der Waals surface area contributed by atoms with E-state index in [1.54, 1.807) is 18.2 Å². The Morgan fingerprint density at radius 3 is 2.22 bits per heavy atom. The summed E-state index contributed by atoms with van der Waals surface area (Å²) in [7, 11) is -3.40. The molecule has 0 saturated carbocycles. The van der Waals surface area contributed by atoms with Crippen molar-refractivity contribution in [2.45, 2.75) is 6.61 Å². The Morgan fingerprint density at radius 2 is 1.56 bits per heavy atom. The summed E-state index contributed by atoms with van der Waals surface area (Å²) in [6.07, 6.45) is 1.05. The maximum absolute atomic E-state index is 12.2. The number of ether oxygens (including phenoxy) is 1. The van der Waals surface area contributed by atoms with Crippen molar-refractivity contribution in [3.63, 3.8) is 0 Å². The zero-order chi connectivity index (χ0) is 19.3. The number of nitrogens with one attached hydrogen (secondary N) is 1. The summed E-state index contributed by atoms with van der Waals surface area (Å²) in [4.78, 5) is 12.2. The number of carbonyl (C=O) groups excluding carboxylic acids is 1. The summed E-state index contributed by atoms with van der Waals surface area (Å²) in [6, 6.07) is 24.0. The number of carbonyl (C=O) groups is 1. The highest BCUT2D eigenvalue weighted by atomic mass is 32.2. The van der Waals surface area contributed by atoms with Gasteiger partial charge in [0.25, 0.3) is 0 Å². The summed E-state index contributed by atoms with van der Waals surface area (Å²) in [5, 5.41) is 0. The van der Waals surface area contributed by atoms with E-state index in [1.807, 2.05) is 54.6 Å². The standard InChI is InChI=1S/C21H19NO4S/c1-27(24,25)22-20-9-5-8-19(14-20)21(23)26-15-16-10-12-18(13-11-16)17-6-3-2-4-7-17/h2-14,22H,15H2,1H3. The fraction of sp³-hybridized carbons (Fsp3) is 0.0952. The molecule has 1 N–H and O–H groups in total. The van der Waals surface area contributed by atoms with Crippen LogP contribution in [0.3, 0.4) is 0 Å². The van der Waals surface area contributed by atoms with Crippen molar-refractivity contribution in [1.82, 2.24) is 0 Å². The molecule has 0 radical (unpaired) electrons. The summed E-state index contributed by atoms with van der Waals surface area (Å²) in [5.41, 5.74) is 3.68. The van der Waals surface area contributed by atoms with Crippen LogP contribution in [-0.2, 0) is 21.4 Å². The molecular formula is C21H19NO4S. The third-order valence-corrected chi connectivity index (χ3v) is 4.44. The van der Waals surface area contributed by atoms with Crippen molar-refractivity contribution in [3.8, 4) is 11.1 Å². The topological polar surface area (TPSA) is 72.5 Å². The van der Waals surface area contributed by atoms with Crippen LogP contribution in [0.1, 0.15) is 15.9 Å². The van der Waals surface area contributed by atoms with Gasteiger partial charge in [0.1, 0.15) is 6.61 Å². The van der Waals surface area contributed by atoms with E-state index < -0.39 is 16.0 Å².